The van der Waals surface area contributed by atoms with Gasteiger partial charge in [0.25, 0.3) is 5.56 Å². The number of ether oxygens (including phenoxy) is 1. The van der Waals surface area contributed by atoms with Gasteiger partial charge in [-0.1, -0.05) is 17.7 Å². The number of primary amides is 1. The third-order valence-corrected chi connectivity index (χ3v) is 5.70. The standard InChI is InChI=1S/C24H24ClFN4O4/c1-24(2,3)34-23(33)29-18(12-7-8-12)21-28-19-16(26)10-9-15(25)17(19)22(32)30(21)14-6-4-5-13(11-14)20(27)31/h4-6,9-12,18H,7-8H2,1-3H3,(H2,27,31)(H,29,33)/t18-/m0/s1. The number of nitrogens with one attached hydrogen (secondary N) is 1. The first kappa shape index (κ1) is 23.7. The molecule has 2 amide bonds. The van der Waals surface area contributed by atoms with Gasteiger partial charge in [-0.05, 0) is 69.9 Å². The van der Waals surface area contributed by atoms with Crippen LogP contribution in [0.2, 0.25) is 5.02 Å². The Balaban J connectivity index is 1.97. The van der Waals surface area contributed by atoms with Gasteiger partial charge in [-0.15, -0.1) is 0 Å². The molecule has 4 rings (SSSR count). The van der Waals surface area contributed by atoms with Crippen molar-refractivity contribution in [1.29, 1.82) is 0 Å². The Morgan fingerprint density at radius 1 is 1.26 bits per heavy atom. The van der Waals surface area contributed by atoms with Crippen molar-refractivity contribution in [2.75, 3.05) is 0 Å². The zero-order valence-electron chi connectivity index (χ0n) is 18.9. The number of hydrogen-bond acceptors (Lipinski definition) is 5. The Morgan fingerprint density at radius 3 is 2.59 bits per heavy atom. The molecule has 0 bridgehead atoms. The normalized spacial score (nSPS) is 14.6. The number of carbonyl (C=O) groups is 2. The van der Waals surface area contributed by atoms with Crippen LogP contribution in [0.1, 0.15) is 55.8 Å². The van der Waals surface area contributed by atoms with Crippen LogP contribution in [0.5, 0.6) is 0 Å². The molecule has 3 N–H and O–H groups in total. The monoisotopic (exact) mass is 486 g/mol. The maximum atomic E-state index is 14.8. The zero-order chi connectivity index (χ0) is 24.8. The molecular formula is C24H24ClFN4O4. The number of alkyl carbamates (subject to hydrolysis) is 1. The van der Waals surface area contributed by atoms with Crippen molar-refractivity contribution in [3.05, 3.63) is 69.0 Å². The van der Waals surface area contributed by atoms with Gasteiger partial charge in [0.15, 0.2) is 0 Å². The van der Waals surface area contributed by atoms with Crippen molar-refractivity contribution in [3.8, 4) is 5.69 Å². The highest BCUT2D eigenvalue weighted by Crippen LogP contribution is 2.41. The van der Waals surface area contributed by atoms with Crippen LogP contribution in [0, 0.1) is 11.7 Å². The Hall–Kier alpha value is -3.46. The van der Waals surface area contributed by atoms with Gasteiger partial charge in [-0.25, -0.2) is 14.2 Å². The second-order valence-corrected chi connectivity index (χ2v) is 9.65. The molecule has 3 aromatic rings. The van der Waals surface area contributed by atoms with Gasteiger partial charge in [-0.3, -0.25) is 14.2 Å². The Kier molecular flexibility index (Phi) is 6.07. The SMILES string of the molecule is CC(C)(C)OC(=O)N[C@H](c1nc2c(F)ccc(Cl)c2c(=O)n1-c1cccc(C(N)=O)c1)C1CC1. The van der Waals surface area contributed by atoms with E-state index in [1.165, 1.54) is 22.8 Å². The summed E-state index contributed by atoms with van der Waals surface area (Å²) in [6.45, 7) is 5.20. The molecule has 0 aliphatic heterocycles. The number of nitrogens with two attached hydrogens (primary N) is 1. The van der Waals surface area contributed by atoms with E-state index < -0.39 is 35.0 Å². The first-order valence-electron chi connectivity index (χ1n) is 10.8. The number of rotatable bonds is 5. The van der Waals surface area contributed by atoms with Crippen molar-refractivity contribution in [3.63, 3.8) is 0 Å². The van der Waals surface area contributed by atoms with Crippen LogP contribution in [0.25, 0.3) is 16.6 Å². The van der Waals surface area contributed by atoms with E-state index in [4.69, 9.17) is 22.1 Å². The number of carbonyl (C=O) groups excluding carboxylic acids is 2. The average Bonchev–Trinajstić information content (AvgIpc) is 3.58. The summed E-state index contributed by atoms with van der Waals surface area (Å²) in [5.74, 6) is -1.33. The molecule has 1 aromatic heterocycles. The van der Waals surface area contributed by atoms with Crippen LogP contribution in [0.15, 0.2) is 41.2 Å². The van der Waals surface area contributed by atoms with E-state index in [9.17, 15) is 18.8 Å². The summed E-state index contributed by atoms with van der Waals surface area (Å²) in [6, 6.07) is 7.77. The Labute approximate surface area is 199 Å². The molecular weight excluding hydrogens is 463 g/mol. The number of benzene rings is 2. The maximum Gasteiger partial charge on any atom is 0.408 e. The second-order valence-electron chi connectivity index (χ2n) is 9.24. The fraction of sp³-hybridized carbons (Fsp3) is 0.333. The van der Waals surface area contributed by atoms with Crippen molar-refractivity contribution in [2.24, 2.45) is 11.7 Å². The van der Waals surface area contributed by atoms with Crippen LogP contribution in [0.3, 0.4) is 0 Å². The molecule has 1 fully saturated rings. The van der Waals surface area contributed by atoms with Crippen LogP contribution < -0.4 is 16.6 Å². The molecule has 1 saturated carbocycles. The Bertz CT molecular complexity index is 1360. The highest BCUT2D eigenvalue weighted by molar-refractivity contribution is 6.35. The second kappa shape index (κ2) is 8.72. The van der Waals surface area contributed by atoms with E-state index in [1.807, 2.05) is 0 Å². The number of amides is 2. The summed E-state index contributed by atoms with van der Waals surface area (Å²) in [4.78, 5) is 42.6. The molecule has 1 atom stereocenters. The lowest BCUT2D eigenvalue weighted by Crippen LogP contribution is -2.39. The summed E-state index contributed by atoms with van der Waals surface area (Å²) in [5, 5.41) is 2.72. The van der Waals surface area contributed by atoms with Gasteiger partial charge < -0.3 is 15.8 Å². The van der Waals surface area contributed by atoms with Gasteiger partial charge in [0.2, 0.25) is 5.91 Å². The highest BCUT2D eigenvalue weighted by atomic mass is 35.5. The minimum Gasteiger partial charge on any atom is -0.444 e. The minimum atomic E-state index is -0.748. The molecule has 10 heteroatoms. The number of fused-ring (bicyclic) bond motifs is 1. The van der Waals surface area contributed by atoms with Gasteiger partial charge >= 0.3 is 6.09 Å². The fourth-order valence-corrected chi connectivity index (χ4v) is 3.98. The molecule has 0 saturated heterocycles. The number of halogens is 2. The summed E-state index contributed by atoms with van der Waals surface area (Å²) < 4.78 is 21.4. The molecule has 1 heterocycles. The third kappa shape index (κ3) is 4.75. The quantitative estimate of drug-likeness (QED) is 0.559. The van der Waals surface area contributed by atoms with Crippen molar-refractivity contribution >= 4 is 34.5 Å². The minimum absolute atomic E-state index is 0.0309. The van der Waals surface area contributed by atoms with Crippen molar-refractivity contribution in [1.82, 2.24) is 14.9 Å². The molecule has 1 aliphatic carbocycles. The largest absolute Gasteiger partial charge is 0.444 e. The Morgan fingerprint density at radius 2 is 1.97 bits per heavy atom. The fourth-order valence-electron chi connectivity index (χ4n) is 3.75. The van der Waals surface area contributed by atoms with Gasteiger partial charge in [-0.2, -0.15) is 0 Å². The molecule has 2 aromatic carbocycles. The molecule has 178 valence electrons. The zero-order valence-corrected chi connectivity index (χ0v) is 19.6. The summed E-state index contributed by atoms with van der Waals surface area (Å²) in [5.41, 5.74) is 4.29. The third-order valence-electron chi connectivity index (χ3n) is 5.38. The summed E-state index contributed by atoms with van der Waals surface area (Å²) in [6.07, 6.45) is 0.851. The first-order chi connectivity index (χ1) is 16.0. The molecule has 1 aliphatic rings. The molecule has 0 spiro atoms. The van der Waals surface area contributed by atoms with Crippen molar-refractivity contribution < 1.29 is 18.7 Å². The lowest BCUT2D eigenvalue weighted by molar-refractivity contribution is 0.0493. The van der Waals surface area contributed by atoms with E-state index >= 15 is 0 Å². The maximum absolute atomic E-state index is 14.8. The van der Waals surface area contributed by atoms with Crippen LogP contribution in [-0.2, 0) is 4.74 Å². The lowest BCUT2D eigenvalue weighted by atomic mass is 10.1. The van der Waals surface area contributed by atoms with Gasteiger partial charge in [0.05, 0.1) is 22.1 Å². The number of hydrogen-bond donors (Lipinski definition) is 2. The predicted octanol–water partition coefficient (Wildman–Crippen LogP) is 4.25. The predicted molar refractivity (Wildman–Crippen MR) is 126 cm³/mol. The topological polar surface area (TPSA) is 116 Å². The van der Waals surface area contributed by atoms with Crippen LogP contribution >= 0.6 is 11.6 Å². The van der Waals surface area contributed by atoms with Crippen LogP contribution in [0.4, 0.5) is 9.18 Å². The van der Waals surface area contributed by atoms with Gasteiger partial charge in [0, 0.05) is 5.56 Å². The summed E-state index contributed by atoms with van der Waals surface area (Å²) in [7, 11) is 0. The molecule has 34 heavy (non-hydrogen) atoms. The summed E-state index contributed by atoms with van der Waals surface area (Å²) >= 11 is 6.26. The van der Waals surface area contributed by atoms with E-state index in [0.717, 1.165) is 18.9 Å². The van der Waals surface area contributed by atoms with E-state index in [0.29, 0.717) is 0 Å². The van der Waals surface area contributed by atoms with Crippen LogP contribution in [-0.4, -0.2) is 27.2 Å². The lowest BCUT2D eigenvalue weighted by Gasteiger charge is -2.25. The average molecular weight is 487 g/mol. The van der Waals surface area contributed by atoms with Gasteiger partial charge in [0.1, 0.15) is 22.8 Å². The molecule has 8 nitrogen and oxygen atoms in total. The highest BCUT2D eigenvalue weighted by Gasteiger charge is 2.38. The first-order valence-corrected chi connectivity index (χ1v) is 11.1. The molecule has 0 radical (unpaired) electrons. The smallest absolute Gasteiger partial charge is 0.408 e. The molecule has 0 unspecified atom stereocenters. The number of nitrogens with zero attached hydrogens (tertiary/aromatic N) is 2. The van der Waals surface area contributed by atoms with E-state index in [2.05, 4.69) is 10.3 Å². The number of aromatic nitrogens is 2. The van der Waals surface area contributed by atoms with E-state index in [1.54, 1.807) is 32.9 Å². The van der Waals surface area contributed by atoms with Crippen molar-refractivity contribution in [2.45, 2.75) is 45.3 Å². The van der Waals surface area contributed by atoms with E-state index in [-0.39, 0.29) is 38.9 Å².